The Morgan fingerprint density at radius 1 is 1.10 bits per heavy atom. The number of halogens is 2. The molecule has 5 heteroatoms. The fourth-order valence-corrected chi connectivity index (χ4v) is 2.46. The summed E-state index contributed by atoms with van der Waals surface area (Å²) in [6.45, 7) is 0.494. The highest BCUT2D eigenvalue weighted by Gasteiger charge is 2.24. The first-order chi connectivity index (χ1) is 10.1. The molecule has 0 bridgehead atoms. The van der Waals surface area contributed by atoms with Crippen LogP contribution in [0.2, 0.25) is 0 Å². The van der Waals surface area contributed by atoms with Crippen LogP contribution in [0.3, 0.4) is 0 Å². The maximum absolute atomic E-state index is 13.3. The number of hydrogen-bond donors (Lipinski definition) is 1. The molecule has 0 saturated carbocycles. The van der Waals surface area contributed by atoms with E-state index >= 15 is 0 Å². The van der Waals surface area contributed by atoms with Crippen molar-refractivity contribution in [3.63, 3.8) is 0 Å². The van der Waals surface area contributed by atoms with Gasteiger partial charge in [0.15, 0.2) is 0 Å². The molecule has 1 aliphatic heterocycles. The van der Waals surface area contributed by atoms with Crippen LogP contribution in [0.25, 0.3) is 0 Å². The van der Waals surface area contributed by atoms with Crippen molar-refractivity contribution in [2.45, 2.75) is 12.5 Å². The van der Waals surface area contributed by atoms with Gasteiger partial charge in [-0.1, -0.05) is 24.3 Å². The first-order valence-electron chi connectivity index (χ1n) is 6.70. The van der Waals surface area contributed by atoms with E-state index < -0.39 is 0 Å². The molecule has 0 radical (unpaired) electrons. The highest BCUT2D eigenvalue weighted by atomic mass is 19.1. The van der Waals surface area contributed by atoms with E-state index in [4.69, 9.17) is 5.84 Å². The molecule has 0 amide bonds. The number of aliphatic imine (C=N–C) groups is 1. The van der Waals surface area contributed by atoms with Crippen LogP contribution in [-0.2, 0) is 6.42 Å². The standard InChI is InChI=1S/C16H15F2N3/c17-13-5-1-3-11(7-13)8-16-20-15(10-21(16)19)12-4-2-6-14(18)9-12/h1-7,9,15H,8,10,19H2. The zero-order chi connectivity index (χ0) is 14.8. The van der Waals surface area contributed by atoms with Crippen molar-refractivity contribution in [1.82, 2.24) is 5.01 Å². The van der Waals surface area contributed by atoms with Gasteiger partial charge in [0.05, 0.1) is 12.6 Å². The molecule has 0 aliphatic carbocycles. The minimum Gasteiger partial charge on any atom is -0.296 e. The van der Waals surface area contributed by atoms with E-state index in [2.05, 4.69) is 4.99 Å². The Bertz CT molecular complexity index is 685. The van der Waals surface area contributed by atoms with Crippen molar-refractivity contribution in [2.24, 2.45) is 10.8 Å². The summed E-state index contributed by atoms with van der Waals surface area (Å²) in [5, 5.41) is 1.54. The van der Waals surface area contributed by atoms with E-state index in [1.54, 1.807) is 17.1 Å². The number of nitrogens with two attached hydrogens (primary N) is 1. The Morgan fingerprint density at radius 2 is 1.81 bits per heavy atom. The van der Waals surface area contributed by atoms with Crippen LogP contribution in [0, 0.1) is 11.6 Å². The molecule has 1 aliphatic rings. The predicted octanol–water partition coefficient (Wildman–Crippen LogP) is 2.84. The predicted molar refractivity (Wildman–Crippen MR) is 77.6 cm³/mol. The van der Waals surface area contributed by atoms with Crippen molar-refractivity contribution < 1.29 is 8.78 Å². The molecule has 0 spiro atoms. The van der Waals surface area contributed by atoms with Crippen LogP contribution in [0.1, 0.15) is 17.2 Å². The van der Waals surface area contributed by atoms with E-state index in [-0.39, 0.29) is 17.7 Å². The summed E-state index contributed by atoms with van der Waals surface area (Å²) in [4.78, 5) is 4.53. The largest absolute Gasteiger partial charge is 0.296 e. The molecule has 0 saturated heterocycles. The van der Waals surface area contributed by atoms with Gasteiger partial charge in [0, 0.05) is 6.42 Å². The Morgan fingerprint density at radius 3 is 2.52 bits per heavy atom. The van der Waals surface area contributed by atoms with Gasteiger partial charge < -0.3 is 0 Å². The zero-order valence-corrected chi connectivity index (χ0v) is 11.3. The summed E-state index contributed by atoms with van der Waals surface area (Å²) in [7, 11) is 0. The normalized spacial score (nSPS) is 18.0. The third-order valence-corrected chi connectivity index (χ3v) is 3.49. The second-order valence-electron chi connectivity index (χ2n) is 5.08. The minimum absolute atomic E-state index is 0.186. The third kappa shape index (κ3) is 3.08. The Labute approximate surface area is 121 Å². The van der Waals surface area contributed by atoms with E-state index in [0.29, 0.717) is 18.8 Å². The number of nitrogens with zero attached hydrogens (tertiary/aromatic N) is 2. The number of benzene rings is 2. The van der Waals surface area contributed by atoms with Gasteiger partial charge in [0.2, 0.25) is 0 Å². The summed E-state index contributed by atoms with van der Waals surface area (Å²) in [6.07, 6.45) is 0.458. The van der Waals surface area contributed by atoms with Gasteiger partial charge in [-0.2, -0.15) is 0 Å². The molecule has 1 unspecified atom stereocenters. The molecule has 1 atom stereocenters. The molecule has 3 nitrogen and oxygen atoms in total. The van der Waals surface area contributed by atoms with Crippen LogP contribution >= 0.6 is 0 Å². The summed E-state index contributed by atoms with van der Waals surface area (Å²) in [6, 6.07) is 12.5. The lowest BCUT2D eigenvalue weighted by Crippen LogP contribution is -2.35. The van der Waals surface area contributed by atoms with Gasteiger partial charge in [0.25, 0.3) is 0 Å². The smallest absolute Gasteiger partial charge is 0.123 e. The van der Waals surface area contributed by atoms with E-state index in [0.717, 1.165) is 11.1 Å². The molecular weight excluding hydrogens is 272 g/mol. The lowest BCUT2D eigenvalue weighted by atomic mass is 10.1. The van der Waals surface area contributed by atoms with Gasteiger partial charge >= 0.3 is 0 Å². The summed E-state index contributed by atoms with van der Waals surface area (Å²) in [5.41, 5.74) is 1.60. The number of amidine groups is 1. The van der Waals surface area contributed by atoms with Crippen molar-refractivity contribution in [1.29, 1.82) is 0 Å². The topological polar surface area (TPSA) is 41.6 Å². The SMILES string of the molecule is NN1CC(c2cccc(F)c2)N=C1Cc1cccc(F)c1. The first-order valence-corrected chi connectivity index (χ1v) is 6.70. The average Bonchev–Trinajstić information content (AvgIpc) is 2.80. The Hall–Kier alpha value is -2.27. The van der Waals surface area contributed by atoms with Gasteiger partial charge in [-0.3, -0.25) is 10.0 Å². The Kier molecular flexibility index (Phi) is 3.66. The lowest BCUT2D eigenvalue weighted by Gasteiger charge is -2.14. The molecule has 2 aromatic carbocycles. The molecule has 2 aromatic rings. The van der Waals surface area contributed by atoms with Crippen LogP contribution in [0.15, 0.2) is 53.5 Å². The number of hydrogen-bond acceptors (Lipinski definition) is 3. The maximum Gasteiger partial charge on any atom is 0.123 e. The second kappa shape index (κ2) is 5.61. The molecule has 0 fully saturated rings. The average molecular weight is 287 g/mol. The van der Waals surface area contributed by atoms with E-state index in [9.17, 15) is 8.78 Å². The monoisotopic (exact) mass is 287 g/mol. The highest BCUT2D eigenvalue weighted by Crippen LogP contribution is 2.25. The van der Waals surface area contributed by atoms with Gasteiger partial charge in [-0.25, -0.2) is 14.6 Å². The Balaban J connectivity index is 1.81. The fourth-order valence-electron chi connectivity index (χ4n) is 2.46. The molecule has 3 rings (SSSR count). The summed E-state index contributed by atoms with van der Waals surface area (Å²) < 4.78 is 26.5. The molecule has 108 valence electrons. The number of rotatable bonds is 3. The van der Waals surface area contributed by atoms with Crippen LogP contribution < -0.4 is 5.84 Å². The van der Waals surface area contributed by atoms with Gasteiger partial charge in [0.1, 0.15) is 17.5 Å². The summed E-state index contributed by atoms with van der Waals surface area (Å²) >= 11 is 0. The lowest BCUT2D eigenvalue weighted by molar-refractivity contribution is 0.442. The van der Waals surface area contributed by atoms with E-state index in [1.165, 1.54) is 24.3 Å². The third-order valence-electron chi connectivity index (χ3n) is 3.49. The summed E-state index contributed by atoms with van der Waals surface area (Å²) in [5.74, 6) is 6.05. The maximum atomic E-state index is 13.3. The van der Waals surface area contributed by atoms with Crippen molar-refractivity contribution in [3.05, 3.63) is 71.3 Å². The highest BCUT2D eigenvalue weighted by molar-refractivity contribution is 5.85. The molecule has 21 heavy (non-hydrogen) atoms. The minimum atomic E-state index is -0.287. The number of hydrazine groups is 1. The first kappa shape index (κ1) is 13.7. The van der Waals surface area contributed by atoms with Crippen LogP contribution in [0.4, 0.5) is 8.78 Å². The van der Waals surface area contributed by atoms with E-state index in [1.807, 2.05) is 12.1 Å². The molecule has 2 N–H and O–H groups in total. The zero-order valence-electron chi connectivity index (χ0n) is 11.3. The van der Waals surface area contributed by atoms with Gasteiger partial charge in [-0.15, -0.1) is 0 Å². The second-order valence-corrected chi connectivity index (χ2v) is 5.08. The molecule has 1 heterocycles. The van der Waals surface area contributed by atoms with Crippen LogP contribution in [-0.4, -0.2) is 17.4 Å². The van der Waals surface area contributed by atoms with Crippen molar-refractivity contribution in [2.75, 3.05) is 6.54 Å². The van der Waals surface area contributed by atoms with Gasteiger partial charge in [-0.05, 0) is 35.4 Å². The quantitative estimate of drug-likeness (QED) is 0.882. The fraction of sp³-hybridized carbons (Fsp3) is 0.188. The van der Waals surface area contributed by atoms with Crippen molar-refractivity contribution in [3.8, 4) is 0 Å². The van der Waals surface area contributed by atoms with Crippen LogP contribution in [0.5, 0.6) is 0 Å². The van der Waals surface area contributed by atoms with Crippen molar-refractivity contribution >= 4 is 5.84 Å². The molecule has 0 aromatic heterocycles. The molecular formula is C16H15F2N3.